The quantitative estimate of drug-likeness (QED) is 0.677. The number of nitrogens with one attached hydrogen (secondary N) is 1. The molecule has 2 aromatic carbocycles. The van der Waals surface area contributed by atoms with E-state index in [4.69, 9.17) is 9.47 Å². The summed E-state index contributed by atoms with van der Waals surface area (Å²) in [4.78, 5) is 38.7. The molecule has 0 spiro atoms. The zero-order chi connectivity index (χ0) is 21.5. The summed E-state index contributed by atoms with van der Waals surface area (Å²) in [6.45, 7) is 4.72. The highest BCUT2D eigenvalue weighted by Crippen LogP contribution is 2.22. The van der Waals surface area contributed by atoms with E-state index in [0.29, 0.717) is 31.1 Å². The summed E-state index contributed by atoms with van der Waals surface area (Å²) in [5.41, 5.74) is 1.58. The Morgan fingerprint density at radius 2 is 1.83 bits per heavy atom. The first-order valence-electron chi connectivity index (χ1n) is 10.0. The van der Waals surface area contributed by atoms with Gasteiger partial charge >= 0.3 is 5.97 Å². The third-order valence-electron chi connectivity index (χ3n) is 4.86. The predicted octanol–water partition coefficient (Wildman–Crippen LogP) is 3.00. The molecule has 1 heterocycles. The Hall–Kier alpha value is -3.35. The van der Waals surface area contributed by atoms with E-state index in [2.05, 4.69) is 5.32 Å². The van der Waals surface area contributed by atoms with Crippen LogP contribution < -0.4 is 10.1 Å². The molecular formula is C23H26N2O5. The minimum atomic E-state index is -0.970. The molecule has 0 saturated carbocycles. The van der Waals surface area contributed by atoms with Crippen molar-refractivity contribution in [3.8, 4) is 5.75 Å². The third kappa shape index (κ3) is 5.59. The number of rotatable bonds is 8. The van der Waals surface area contributed by atoms with E-state index >= 15 is 0 Å². The molecule has 1 aliphatic heterocycles. The van der Waals surface area contributed by atoms with Crippen LogP contribution in [0.25, 0.3) is 0 Å². The Morgan fingerprint density at radius 1 is 1.13 bits per heavy atom. The molecule has 2 atom stereocenters. The van der Waals surface area contributed by atoms with Crippen molar-refractivity contribution in [3.05, 3.63) is 60.2 Å². The molecule has 1 N–H and O–H groups in total. The number of esters is 1. The molecule has 3 rings (SSSR count). The second kappa shape index (κ2) is 9.91. The van der Waals surface area contributed by atoms with Crippen molar-refractivity contribution in [2.24, 2.45) is 5.92 Å². The normalized spacial score (nSPS) is 16.8. The highest BCUT2D eigenvalue weighted by Gasteiger charge is 2.36. The SMILES string of the molecule is CCOc1ccc(NC(=O)[C@H](C)OC(=O)[C@@H]2CC(=O)N(Cc3ccccc3)C2)cc1. The van der Waals surface area contributed by atoms with E-state index in [1.165, 1.54) is 6.92 Å². The van der Waals surface area contributed by atoms with Gasteiger partial charge in [0.15, 0.2) is 6.10 Å². The number of likely N-dealkylation sites (tertiary alicyclic amines) is 1. The number of anilines is 1. The summed E-state index contributed by atoms with van der Waals surface area (Å²) in [5.74, 6) is -0.915. The molecule has 2 aromatic rings. The van der Waals surface area contributed by atoms with Gasteiger partial charge in [-0.1, -0.05) is 30.3 Å². The molecule has 0 aliphatic carbocycles. The topological polar surface area (TPSA) is 84.9 Å². The lowest BCUT2D eigenvalue weighted by Gasteiger charge is -2.18. The first-order valence-corrected chi connectivity index (χ1v) is 10.0. The maximum Gasteiger partial charge on any atom is 0.312 e. The van der Waals surface area contributed by atoms with Gasteiger partial charge in [-0.25, -0.2) is 0 Å². The van der Waals surface area contributed by atoms with Gasteiger partial charge in [-0.05, 0) is 43.7 Å². The van der Waals surface area contributed by atoms with Crippen LogP contribution in [-0.4, -0.2) is 41.9 Å². The Balaban J connectivity index is 1.49. The zero-order valence-electron chi connectivity index (χ0n) is 17.2. The van der Waals surface area contributed by atoms with E-state index < -0.39 is 23.9 Å². The molecule has 1 fully saturated rings. The maximum atomic E-state index is 12.5. The van der Waals surface area contributed by atoms with Gasteiger partial charge in [0.25, 0.3) is 5.91 Å². The van der Waals surface area contributed by atoms with Crippen LogP contribution in [0.4, 0.5) is 5.69 Å². The predicted molar refractivity (Wildman–Crippen MR) is 112 cm³/mol. The molecular weight excluding hydrogens is 384 g/mol. The van der Waals surface area contributed by atoms with E-state index in [1.807, 2.05) is 37.3 Å². The zero-order valence-corrected chi connectivity index (χ0v) is 17.2. The van der Waals surface area contributed by atoms with Crippen LogP contribution in [0.15, 0.2) is 54.6 Å². The minimum absolute atomic E-state index is 0.0905. The van der Waals surface area contributed by atoms with Crippen molar-refractivity contribution in [2.45, 2.75) is 32.9 Å². The first-order chi connectivity index (χ1) is 14.5. The molecule has 7 nitrogen and oxygen atoms in total. The number of hydrogen-bond donors (Lipinski definition) is 1. The smallest absolute Gasteiger partial charge is 0.312 e. The number of hydrogen-bond acceptors (Lipinski definition) is 5. The molecule has 0 radical (unpaired) electrons. The molecule has 30 heavy (non-hydrogen) atoms. The number of nitrogens with zero attached hydrogens (tertiary/aromatic N) is 1. The van der Waals surface area contributed by atoms with Gasteiger partial charge < -0.3 is 19.7 Å². The second-order valence-corrected chi connectivity index (χ2v) is 7.19. The Labute approximate surface area is 176 Å². The minimum Gasteiger partial charge on any atom is -0.494 e. The lowest BCUT2D eigenvalue weighted by Crippen LogP contribution is -2.33. The van der Waals surface area contributed by atoms with Gasteiger partial charge in [-0.3, -0.25) is 14.4 Å². The van der Waals surface area contributed by atoms with E-state index in [0.717, 1.165) is 5.56 Å². The molecule has 2 amide bonds. The molecule has 7 heteroatoms. The summed E-state index contributed by atoms with van der Waals surface area (Å²) in [7, 11) is 0. The standard InChI is InChI=1S/C23H26N2O5/c1-3-29-20-11-9-19(10-12-20)24-22(27)16(2)30-23(28)18-13-21(26)25(15-18)14-17-7-5-4-6-8-17/h4-12,16,18H,3,13-15H2,1-2H3,(H,24,27)/t16-,18+/m0/s1. The number of benzene rings is 2. The number of amides is 2. The molecule has 158 valence electrons. The number of carbonyl (C=O) groups is 3. The van der Waals surface area contributed by atoms with E-state index in [-0.39, 0.29) is 12.3 Å². The van der Waals surface area contributed by atoms with Crippen LogP contribution in [0.2, 0.25) is 0 Å². The van der Waals surface area contributed by atoms with Crippen molar-refractivity contribution in [1.29, 1.82) is 0 Å². The molecule has 1 saturated heterocycles. The van der Waals surface area contributed by atoms with E-state index in [1.54, 1.807) is 29.2 Å². The van der Waals surface area contributed by atoms with Crippen LogP contribution in [0.5, 0.6) is 5.75 Å². The average molecular weight is 410 g/mol. The summed E-state index contributed by atoms with van der Waals surface area (Å²) in [6.07, 6.45) is -0.874. The molecule has 1 aliphatic rings. The maximum absolute atomic E-state index is 12.5. The highest BCUT2D eigenvalue weighted by atomic mass is 16.5. The van der Waals surface area contributed by atoms with Crippen molar-refractivity contribution >= 4 is 23.5 Å². The fraction of sp³-hybridized carbons (Fsp3) is 0.348. The lowest BCUT2D eigenvalue weighted by atomic mass is 10.1. The third-order valence-corrected chi connectivity index (χ3v) is 4.86. The summed E-state index contributed by atoms with van der Waals surface area (Å²) < 4.78 is 10.7. The van der Waals surface area contributed by atoms with Crippen molar-refractivity contribution in [1.82, 2.24) is 4.90 Å². The van der Waals surface area contributed by atoms with Gasteiger partial charge in [0.1, 0.15) is 5.75 Å². The Bertz CT molecular complexity index is 882. The summed E-state index contributed by atoms with van der Waals surface area (Å²) >= 11 is 0. The van der Waals surface area contributed by atoms with Crippen LogP contribution in [-0.2, 0) is 25.7 Å². The largest absolute Gasteiger partial charge is 0.494 e. The Morgan fingerprint density at radius 3 is 2.50 bits per heavy atom. The summed E-state index contributed by atoms with van der Waals surface area (Å²) in [5, 5.41) is 2.71. The molecule has 0 unspecified atom stereocenters. The highest BCUT2D eigenvalue weighted by molar-refractivity contribution is 5.95. The van der Waals surface area contributed by atoms with Gasteiger partial charge in [0.05, 0.1) is 12.5 Å². The number of carbonyl (C=O) groups excluding carboxylic acids is 3. The lowest BCUT2D eigenvalue weighted by molar-refractivity contribution is -0.157. The average Bonchev–Trinajstić information content (AvgIpc) is 3.11. The van der Waals surface area contributed by atoms with Gasteiger partial charge in [-0.15, -0.1) is 0 Å². The molecule has 0 bridgehead atoms. The van der Waals surface area contributed by atoms with Crippen molar-refractivity contribution in [3.63, 3.8) is 0 Å². The van der Waals surface area contributed by atoms with Gasteiger partial charge in [-0.2, -0.15) is 0 Å². The van der Waals surface area contributed by atoms with Crippen LogP contribution in [0.1, 0.15) is 25.8 Å². The van der Waals surface area contributed by atoms with Crippen LogP contribution in [0.3, 0.4) is 0 Å². The van der Waals surface area contributed by atoms with Crippen LogP contribution in [0, 0.1) is 5.92 Å². The van der Waals surface area contributed by atoms with E-state index in [9.17, 15) is 14.4 Å². The Kier molecular flexibility index (Phi) is 7.06. The first kappa shape index (κ1) is 21.4. The fourth-order valence-corrected chi connectivity index (χ4v) is 3.26. The number of ether oxygens (including phenoxy) is 2. The van der Waals surface area contributed by atoms with Crippen LogP contribution >= 0.6 is 0 Å². The molecule has 0 aromatic heterocycles. The van der Waals surface area contributed by atoms with Crippen molar-refractivity contribution < 1.29 is 23.9 Å². The van der Waals surface area contributed by atoms with Gasteiger partial charge in [0.2, 0.25) is 5.91 Å². The van der Waals surface area contributed by atoms with Crippen molar-refractivity contribution in [2.75, 3.05) is 18.5 Å². The van der Waals surface area contributed by atoms with Gasteiger partial charge in [0, 0.05) is 25.2 Å². The monoisotopic (exact) mass is 410 g/mol. The fourth-order valence-electron chi connectivity index (χ4n) is 3.26. The second-order valence-electron chi connectivity index (χ2n) is 7.19. The summed E-state index contributed by atoms with van der Waals surface area (Å²) in [6, 6.07) is 16.5.